The molecule has 30 heavy (non-hydrogen) atoms. The van der Waals surface area contributed by atoms with Gasteiger partial charge in [0, 0.05) is 29.9 Å². The van der Waals surface area contributed by atoms with Gasteiger partial charge < -0.3 is 20.5 Å². The number of carbonyl (C=O) groups is 1. The predicted octanol–water partition coefficient (Wildman–Crippen LogP) is 3.10. The Morgan fingerprint density at radius 3 is 2.83 bits per heavy atom. The monoisotopic (exact) mass is 407 g/mol. The zero-order valence-electron chi connectivity index (χ0n) is 15.8. The van der Waals surface area contributed by atoms with E-state index in [9.17, 15) is 9.18 Å². The number of halogens is 1. The molecule has 1 aromatic heterocycles. The molecule has 1 atom stereocenters. The Morgan fingerprint density at radius 2 is 2.07 bits per heavy atom. The normalized spacial score (nSPS) is 17.0. The fourth-order valence-corrected chi connectivity index (χ4v) is 2.81. The van der Waals surface area contributed by atoms with Crippen molar-refractivity contribution in [2.24, 2.45) is 10.7 Å². The molecule has 1 unspecified atom stereocenters. The molecule has 152 valence electrons. The summed E-state index contributed by atoms with van der Waals surface area (Å²) in [6.07, 6.45) is 0.868. The number of aliphatic imine (C=N–C) groups is 1. The average Bonchev–Trinajstić information content (AvgIpc) is 3.21. The van der Waals surface area contributed by atoms with Crippen molar-refractivity contribution in [2.75, 3.05) is 11.9 Å². The molecule has 2 heterocycles. The number of rotatable bonds is 6. The second kappa shape index (κ2) is 8.66. The fourth-order valence-electron chi connectivity index (χ4n) is 2.81. The van der Waals surface area contributed by atoms with Crippen molar-refractivity contribution in [1.29, 1.82) is 0 Å². The highest BCUT2D eigenvalue weighted by atomic mass is 19.1. The first-order valence-corrected chi connectivity index (χ1v) is 9.14. The second-order valence-corrected chi connectivity index (χ2v) is 6.47. The second-order valence-electron chi connectivity index (χ2n) is 6.47. The first kappa shape index (κ1) is 19.5. The van der Waals surface area contributed by atoms with Crippen LogP contribution in [0.4, 0.5) is 16.2 Å². The smallest absolute Gasteiger partial charge is 0.248 e. The van der Waals surface area contributed by atoms with Gasteiger partial charge in [0.2, 0.25) is 24.0 Å². The molecule has 0 radical (unpaired) electrons. The molecule has 8 nitrogen and oxygen atoms in total. The van der Waals surface area contributed by atoms with Gasteiger partial charge in [-0.2, -0.15) is 9.98 Å². The molecular formula is C21H18FN5O3. The standard InChI is InChI=1S/C21H18FN5O3/c22-16-3-1-2-15(10-16)20-29-12-18(30-20)26-17-8-9-24-21(27-17)25-11-13-4-6-14(7-5-13)19(23)28/h1-10,20H,11-12H2,(H2,23,28)(H,24,25,27). The maximum Gasteiger partial charge on any atom is 0.248 e. The number of nitrogens with one attached hydrogen (secondary N) is 1. The molecule has 0 bridgehead atoms. The van der Waals surface area contributed by atoms with Crippen LogP contribution in [0, 0.1) is 5.82 Å². The van der Waals surface area contributed by atoms with Crippen LogP contribution < -0.4 is 11.1 Å². The molecular weight excluding hydrogens is 389 g/mol. The molecule has 9 heteroatoms. The van der Waals surface area contributed by atoms with Gasteiger partial charge in [-0.25, -0.2) is 9.37 Å². The van der Waals surface area contributed by atoms with Gasteiger partial charge in [-0.15, -0.1) is 0 Å². The van der Waals surface area contributed by atoms with Crippen LogP contribution in [0.25, 0.3) is 0 Å². The lowest BCUT2D eigenvalue weighted by Gasteiger charge is -2.09. The van der Waals surface area contributed by atoms with Gasteiger partial charge in [-0.3, -0.25) is 4.79 Å². The van der Waals surface area contributed by atoms with Gasteiger partial charge >= 0.3 is 0 Å². The van der Waals surface area contributed by atoms with E-state index in [1.807, 2.05) is 0 Å². The van der Waals surface area contributed by atoms with Crippen LogP contribution >= 0.6 is 0 Å². The molecule has 3 N–H and O–H groups in total. The van der Waals surface area contributed by atoms with E-state index in [0.29, 0.717) is 35.3 Å². The number of hydrogen-bond acceptors (Lipinski definition) is 7. The molecule has 1 aliphatic heterocycles. The third-order valence-electron chi connectivity index (χ3n) is 4.29. The molecule has 3 aromatic rings. The van der Waals surface area contributed by atoms with Gasteiger partial charge in [0.05, 0.1) is 0 Å². The summed E-state index contributed by atoms with van der Waals surface area (Å²) in [5, 5.41) is 3.09. The Bertz CT molecular complexity index is 1090. The minimum absolute atomic E-state index is 0.153. The van der Waals surface area contributed by atoms with Crippen LogP contribution in [-0.4, -0.2) is 28.4 Å². The van der Waals surface area contributed by atoms with Crippen LogP contribution in [0.5, 0.6) is 0 Å². The number of nitrogens with zero attached hydrogens (tertiary/aromatic N) is 3. The van der Waals surface area contributed by atoms with Crippen molar-refractivity contribution in [1.82, 2.24) is 9.97 Å². The molecule has 1 amide bonds. The first-order chi connectivity index (χ1) is 14.6. The summed E-state index contributed by atoms with van der Waals surface area (Å²) in [5.74, 6) is 0.297. The highest BCUT2D eigenvalue weighted by Gasteiger charge is 2.24. The van der Waals surface area contributed by atoms with Gasteiger partial charge in [0.1, 0.15) is 12.4 Å². The number of anilines is 1. The number of benzene rings is 2. The van der Waals surface area contributed by atoms with E-state index in [1.54, 1.807) is 48.7 Å². The van der Waals surface area contributed by atoms with Crippen LogP contribution in [0.2, 0.25) is 0 Å². The number of amides is 1. The summed E-state index contributed by atoms with van der Waals surface area (Å²) >= 11 is 0. The molecule has 0 saturated carbocycles. The van der Waals surface area contributed by atoms with Crippen molar-refractivity contribution in [3.8, 4) is 0 Å². The number of ether oxygens (including phenoxy) is 2. The van der Waals surface area contributed by atoms with E-state index in [1.165, 1.54) is 12.1 Å². The molecule has 1 saturated heterocycles. The van der Waals surface area contributed by atoms with E-state index in [-0.39, 0.29) is 12.4 Å². The Hall–Kier alpha value is -3.85. The Balaban J connectivity index is 1.39. The maximum absolute atomic E-state index is 13.4. The van der Waals surface area contributed by atoms with Crippen molar-refractivity contribution >= 4 is 23.6 Å². The zero-order valence-corrected chi connectivity index (χ0v) is 15.8. The highest BCUT2D eigenvalue weighted by Crippen LogP contribution is 2.26. The van der Waals surface area contributed by atoms with Gasteiger partial charge in [-0.05, 0) is 29.8 Å². The molecule has 0 aliphatic carbocycles. The Labute approximate surface area is 171 Å². The predicted molar refractivity (Wildman–Crippen MR) is 108 cm³/mol. The number of nitrogens with two attached hydrogens (primary N) is 1. The SMILES string of the molecule is NC(=O)c1ccc(CNc2nccc(N=C3COC(c4cccc(F)c4)O3)n2)cc1. The lowest BCUT2D eigenvalue weighted by molar-refractivity contribution is -0.0246. The van der Waals surface area contributed by atoms with Crippen LogP contribution in [0.1, 0.15) is 27.8 Å². The number of carbonyl (C=O) groups excluding carboxylic acids is 1. The Morgan fingerprint density at radius 1 is 1.23 bits per heavy atom. The van der Waals surface area contributed by atoms with Crippen molar-refractivity contribution < 1.29 is 18.7 Å². The van der Waals surface area contributed by atoms with Crippen LogP contribution in [0.15, 0.2) is 65.8 Å². The van der Waals surface area contributed by atoms with Gasteiger partial charge in [0.25, 0.3) is 0 Å². The Kier molecular flexibility index (Phi) is 5.62. The summed E-state index contributed by atoms with van der Waals surface area (Å²) in [6, 6.07) is 14.6. The van der Waals surface area contributed by atoms with E-state index >= 15 is 0 Å². The van der Waals surface area contributed by atoms with Gasteiger partial charge in [0.15, 0.2) is 5.82 Å². The van der Waals surface area contributed by atoms with Crippen molar-refractivity contribution in [3.63, 3.8) is 0 Å². The fraction of sp³-hybridized carbons (Fsp3) is 0.143. The minimum atomic E-state index is -0.706. The van der Waals surface area contributed by atoms with Crippen molar-refractivity contribution in [3.05, 3.63) is 83.3 Å². The van der Waals surface area contributed by atoms with E-state index in [0.717, 1.165) is 5.56 Å². The first-order valence-electron chi connectivity index (χ1n) is 9.14. The van der Waals surface area contributed by atoms with E-state index < -0.39 is 12.2 Å². The summed E-state index contributed by atoms with van der Waals surface area (Å²) in [6.45, 7) is 0.612. The minimum Gasteiger partial charge on any atom is -0.445 e. The maximum atomic E-state index is 13.4. The van der Waals surface area contributed by atoms with E-state index in [2.05, 4.69) is 20.3 Å². The number of hydrogen-bond donors (Lipinski definition) is 2. The third kappa shape index (κ3) is 4.76. The molecule has 4 rings (SSSR count). The van der Waals surface area contributed by atoms with Gasteiger partial charge in [-0.1, -0.05) is 24.3 Å². The third-order valence-corrected chi connectivity index (χ3v) is 4.29. The molecule has 1 fully saturated rings. The molecule has 2 aromatic carbocycles. The topological polar surface area (TPSA) is 112 Å². The van der Waals surface area contributed by atoms with Crippen LogP contribution in [-0.2, 0) is 16.0 Å². The lowest BCUT2D eigenvalue weighted by atomic mass is 10.1. The lowest BCUT2D eigenvalue weighted by Crippen LogP contribution is -2.11. The van der Waals surface area contributed by atoms with Crippen molar-refractivity contribution in [2.45, 2.75) is 12.8 Å². The molecule has 1 aliphatic rings. The van der Waals surface area contributed by atoms with Crippen LogP contribution in [0.3, 0.4) is 0 Å². The number of aromatic nitrogens is 2. The zero-order chi connectivity index (χ0) is 20.9. The number of primary amides is 1. The summed E-state index contributed by atoms with van der Waals surface area (Å²) in [5.41, 5.74) is 7.20. The molecule has 0 spiro atoms. The van der Waals surface area contributed by atoms with E-state index in [4.69, 9.17) is 15.2 Å². The quantitative estimate of drug-likeness (QED) is 0.649. The summed E-state index contributed by atoms with van der Waals surface area (Å²) in [7, 11) is 0. The summed E-state index contributed by atoms with van der Waals surface area (Å²) in [4.78, 5) is 24.0. The average molecular weight is 407 g/mol. The largest absolute Gasteiger partial charge is 0.445 e. The summed E-state index contributed by atoms with van der Waals surface area (Å²) < 4.78 is 24.6. The highest BCUT2D eigenvalue weighted by molar-refractivity contribution is 5.92.